The molecule has 0 aliphatic rings. The first-order chi connectivity index (χ1) is 15.8. The van der Waals surface area contributed by atoms with Gasteiger partial charge in [0.2, 0.25) is 9.84 Å². The van der Waals surface area contributed by atoms with E-state index < -0.39 is 37.5 Å². The molecule has 13 heteroatoms. The van der Waals surface area contributed by atoms with Crippen LogP contribution in [-0.4, -0.2) is 60.0 Å². The molecule has 1 atom stereocenters. The van der Waals surface area contributed by atoms with Crippen molar-refractivity contribution in [2.75, 3.05) is 31.1 Å². The van der Waals surface area contributed by atoms with Crippen LogP contribution in [0, 0.1) is 0 Å². The van der Waals surface area contributed by atoms with Gasteiger partial charge in [0.1, 0.15) is 18.5 Å². The van der Waals surface area contributed by atoms with E-state index in [0.29, 0.717) is 12.3 Å². The van der Waals surface area contributed by atoms with Crippen LogP contribution in [0.4, 0.5) is 0 Å². The smallest absolute Gasteiger partial charge is 0.303 e. The summed E-state index contributed by atoms with van der Waals surface area (Å²) in [6, 6.07) is 7.91. The maximum atomic E-state index is 13.0. The zero-order chi connectivity index (χ0) is 25.5. The fourth-order valence-corrected chi connectivity index (χ4v) is 5.77. The lowest BCUT2D eigenvalue weighted by Crippen LogP contribution is -2.31. The summed E-state index contributed by atoms with van der Waals surface area (Å²) >= 11 is 18.0. The van der Waals surface area contributed by atoms with Gasteiger partial charge in [-0.15, -0.1) is 11.6 Å². The average molecular weight is 574 g/mol. The molecule has 0 unspecified atom stereocenters. The molecule has 0 aliphatic carbocycles. The number of rotatable bonds is 12. The third-order valence-corrected chi connectivity index (χ3v) is 7.75. The maximum Gasteiger partial charge on any atom is 0.303 e. The molecule has 0 radical (unpaired) electrons. The van der Waals surface area contributed by atoms with Crippen molar-refractivity contribution in [1.29, 1.82) is 0 Å². The third-order valence-electron chi connectivity index (χ3n) is 4.20. The molecule has 0 heterocycles. The number of sulfone groups is 2. The van der Waals surface area contributed by atoms with E-state index in [4.69, 9.17) is 49.0 Å². The lowest BCUT2D eigenvalue weighted by Gasteiger charge is -2.17. The highest BCUT2D eigenvalue weighted by molar-refractivity contribution is 7.91. The number of carbonyl (C=O) groups is 1. The molecule has 0 amide bonds. The first-order valence-electron chi connectivity index (χ1n) is 9.84. The van der Waals surface area contributed by atoms with Gasteiger partial charge >= 0.3 is 5.97 Å². The topological polar surface area (TPSA) is 113 Å². The van der Waals surface area contributed by atoms with Crippen LogP contribution < -0.4 is 9.47 Å². The molecule has 0 aromatic heterocycles. The van der Waals surface area contributed by atoms with Gasteiger partial charge in [0.25, 0.3) is 0 Å². The molecular weight excluding hydrogens is 551 g/mol. The van der Waals surface area contributed by atoms with Gasteiger partial charge < -0.3 is 14.2 Å². The zero-order valence-corrected chi connectivity index (χ0v) is 22.2. The van der Waals surface area contributed by atoms with Gasteiger partial charge in [-0.2, -0.15) is 0 Å². The van der Waals surface area contributed by atoms with Crippen LogP contribution in [0.2, 0.25) is 10.0 Å². The molecule has 2 aromatic rings. The van der Waals surface area contributed by atoms with Crippen molar-refractivity contribution in [2.45, 2.75) is 29.2 Å². The lowest BCUT2D eigenvalue weighted by atomic mass is 10.3. The molecule has 0 bridgehead atoms. The van der Waals surface area contributed by atoms with Crippen LogP contribution in [0.25, 0.3) is 0 Å². The monoisotopic (exact) mass is 572 g/mol. The Hall–Kier alpha value is -1.72. The van der Waals surface area contributed by atoms with E-state index in [2.05, 4.69) is 0 Å². The van der Waals surface area contributed by atoms with Crippen molar-refractivity contribution in [1.82, 2.24) is 0 Å². The van der Waals surface area contributed by atoms with E-state index in [-0.39, 0.29) is 44.5 Å². The number of esters is 1. The summed E-state index contributed by atoms with van der Waals surface area (Å²) in [5.41, 5.74) is 0. The van der Waals surface area contributed by atoms with Crippen molar-refractivity contribution in [3.05, 3.63) is 46.4 Å². The van der Waals surface area contributed by atoms with Crippen molar-refractivity contribution >= 4 is 60.4 Å². The summed E-state index contributed by atoms with van der Waals surface area (Å²) in [6.07, 6.45) is 0.573. The van der Waals surface area contributed by atoms with Crippen LogP contribution in [0.1, 0.15) is 13.3 Å². The largest absolute Gasteiger partial charge is 0.490 e. The number of ether oxygens (including phenoxy) is 3. The Kier molecular flexibility index (Phi) is 10.3. The molecule has 8 nitrogen and oxygen atoms in total. The second-order valence-corrected chi connectivity index (χ2v) is 12.5. The number of carbonyl (C=O) groups excluding carboxylic acids is 1. The molecule has 188 valence electrons. The predicted octanol–water partition coefficient (Wildman–Crippen LogP) is 4.19. The van der Waals surface area contributed by atoms with Crippen LogP contribution >= 0.6 is 34.8 Å². The van der Waals surface area contributed by atoms with Crippen molar-refractivity contribution < 1.29 is 35.8 Å². The number of benzene rings is 2. The summed E-state index contributed by atoms with van der Waals surface area (Å²) < 4.78 is 65.0. The van der Waals surface area contributed by atoms with Crippen LogP contribution in [0.5, 0.6) is 11.5 Å². The summed E-state index contributed by atoms with van der Waals surface area (Å²) in [7, 11) is -7.38. The van der Waals surface area contributed by atoms with E-state index in [1.807, 2.05) is 0 Å². The lowest BCUT2D eigenvalue weighted by molar-refractivity contribution is -0.146. The first-order valence-corrected chi connectivity index (χ1v) is 14.7. The summed E-state index contributed by atoms with van der Waals surface area (Å²) in [5, 5.41) is 0.0889. The molecular formula is C21H23Cl3O8S2. The Morgan fingerprint density at radius 2 is 1.56 bits per heavy atom. The van der Waals surface area contributed by atoms with Gasteiger partial charge in [-0.3, -0.25) is 4.79 Å². The highest BCUT2D eigenvalue weighted by atomic mass is 35.5. The van der Waals surface area contributed by atoms with Gasteiger partial charge in [-0.25, -0.2) is 16.8 Å². The molecule has 0 N–H and O–H groups in total. The first kappa shape index (κ1) is 28.5. The standard InChI is InChI=1S/C21H23Cl3O8S2/c1-14(25)32-16(13-33(2,26)27)12-31-15-4-6-17(7-5-15)34(28,29)18-10-19(23)21(20(24)11-18)30-9-3-8-22/h4-7,10-11,16H,3,8-9,12-13H2,1-2H3/t16-/m1/s1. The fourth-order valence-electron chi connectivity index (χ4n) is 2.79. The Morgan fingerprint density at radius 1 is 0.971 bits per heavy atom. The predicted molar refractivity (Wildman–Crippen MR) is 130 cm³/mol. The fraction of sp³-hybridized carbons (Fsp3) is 0.381. The van der Waals surface area contributed by atoms with Gasteiger partial charge in [-0.1, -0.05) is 23.2 Å². The van der Waals surface area contributed by atoms with Gasteiger partial charge in [0, 0.05) is 19.1 Å². The number of hydrogen-bond donors (Lipinski definition) is 0. The van der Waals surface area contributed by atoms with E-state index in [9.17, 15) is 21.6 Å². The van der Waals surface area contributed by atoms with Crippen molar-refractivity contribution in [2.24, 2.45) is 0 Å². The van der Waals surface area contributed by atoms with Gasteiger partial charge in [0.05, 0.1) is 32.2 Å². The second-order valence-electron chi connectivity index (χ2n) is 7.22. The minimum atomic E-state index is -3.96. The SMILES string of the molecule is CC(=O)O[C@H](COc1ccc(S(=O)(=O)c2cc(Cl)c(OCCCCl)c(Cl)c2)cc1)CS(C)(=O)=O. The average Bonchev–Trinajstić information content (AvgIpc) is 2.72. The third kappa shape index (κ3) is 8.49. The molecule has 0 saturated heterocycles. The molecule has 2 rings (SSSR count). The van der Waals surface area contributed by atoms with Crippen molar-refractivity contribution in [3.8, 4) is 11.5 Å². The highest BCUT2D eigenvalue weighted by Gasteiger charge is 2.23. The Balaban J connectivity index is 2.17. The minimum Gasteiger partial charge on any atom is -0.490 e. The minimum absolute atomic E-state index is 0.0444. The van der Waals surface area contributed by atoms with E-state index in [1.54, 1.807) is 0 Å². The Bertz CT molecular complexity index is 1190. The molecule has 0 spiro atoms. The zero-order valence-electron chi connectivity index (χ0n) is 18.3. The van der Waals surface area contributed by atoms with E-state index >= 15 is 0 Å². The molecule has 0 saturated carbocycles. The van der Waals surface area contributed by atoms with Crippen LogP contribution in [-0.2, 0) is 29.2 Å². The van der Waals surface area contributed by atoms with Crippen LogP contribution in [0.15, 0.2) is 46.2 Å². The normalized spacial score (nSPS) is 12.7. The van der Waals surface area contributed by atoms with Crippen LogP contribution in [0.3, 0.4) is 0 Å². The number of alkyl halides is 1. The van der Waals surface area contributed by atoms with Crippen molar-refractivity contribution in [3.63, 3.8) is 0 Å². The molecule has 0 fully saturated rings. The Labute approximate surface area is 213 Å². The number of hydrogen-bond acceptors (Lipinski definition) is 8. The quantitative estimate of drug-likeness (QED) is 0.211. The van der Waals surface area contributed by atoms with E-state index in [1.165, 1.54) is 36.4 Å². The van der Waals surface area contributed by atoms with Gasteiger partial charge in [0.15, 0.2) is 15.6 Å². The molecule has 34 heavy (non-hydrogen) atoms. The molecule has 2 aromatic carbocycles. The highest BCUT2D eigenvalue weighted by Crippen LogP contribution is 2.37. The Morgan fingerprint density at radius 3 is 2.06 bits per heavy atom. The molecule has 0 aliphatic heterocycles. The maximum absolute atomic E-state index is 13.0. The van der Waals surface area contributed by atoms with Gasteiger partial charge in [-0.05, 0) is 42.8 Å². The summed E-state index contributed by atoms with van der Waals surface area (Å²) in [4.78, 5) is 11.0. The summed E-state index contributed by atoms with van der Waals surface area (Å²) in [6.45, 7) is 1.21. The number of halogens is 3. The second kappa shape index (κ2) is 12.3. The van der Waals surface area contributed by atoms with E-state index in [0.717, 1.165) is 13.2 Å². The summed E-state index contributed by atoms with van der Waals surface area (Å²) in [5.74, 6) is -0.238.